The monoisotopic (exact) mass is 928 g/mol. The molecular weight excluding hydrogens is 830 g/mol. The Kier molecular flexibility index (Phi) is 46.0. The van der Waals surface area contributed by atoms with Crippen molar-refractivity contribution in [2.45, 2.75) is 200 Å². The Morgan fingerprint density at radius 1 is 0.492 bits per heavy atom. The number of allylic oxidation sites excluding steroid dienone is 16. The van der Waals surface area contributed by atoms with Crippen molar-refractivity contribution in [1.29, 1.82) is 0 Å². The van der Waals surface area contributed by atoms with Crippen molar-refractivity contribution in [1.82, 2.24) is 0 Å². The van der Waals surface area contributed by atoms with Gasteiger partial charge in [0.05, 0.1) is 34.4 Å². The van der Waals surface area contributed by atoms with Crippen LogP contribution in [0.15, 0.2) is 97.2 Å². The second kappa shape index (κ2) is 47.9. The van der Waals surface area contributed by atoms with E-state index in [1.54, 1.807) is 0 Å². The summed E-state index contributed by atoms with van der Waals surface area (Å²) in [5.41, 5.74) is 0. The summed E-state index contributed by atoms with van der Waals surface area (Å²) in [6.07, 6.45) is 65.9. The smallest absolute Gasteiger partial charge is 0.306 e. The van der Waals surface area contributed by atoms with Gasteiger partial charge in [0, 0.05) is 13.0 Å². The Morgan fingerprint density at radius 3 is 1.34 bits per heavy atom. The number of carbonyl (C=O) groups excluding carboxylic acids is 1. The van der Waals surface area contributed by atoms with E-state index in [1.165, 1.54) is 103 Å². The van der Waals surface area contributed by atoms with Gasteiger partial charge in [0.15, 0.2) is 0 Å². The fraction of sp³-hybridized carbons (Fsp3) is 0.696. The summed E-state index contributed by atoms with van der Waals surface area (Å²) in [5, 5.41) is 0. The van der Waals surface area contributed by atoms with Gasteiger partial charge in [-0.1, -0.05) is 195 Å². The molecule has 0 aliphatic heterocycles. The van der Waals surface area contributed by atoms with Gasteiger partial charge in [-0.15, -0.1) is 0 Å². The first-order valence-electron chi connectivity index (χ1n) is 26.0. The number of nitrogens with zero attached hydrogens (tertiary/aromatic N) is 1. The second-order valence-electron chi connectivity index (χ2n) is 18.1. The van der Waals surface area contributed by atoms with Crippen molar-refractivity contribution in [3.05, 3.63) is 97.2 Å². The van der Waals surface area contributed by atoms with E-state index in [2.05, 4.69) is 111 Å². The highest BCUT2D eigenvalue weighted by molar-refractivity contribution is 7.45. The Bertz CT molecular complexity index is 1360. The van der Waals surface area contributed by atoms with Crippen molar-refractivity contribution >= 4 is 13.8 Å². The summed E-state index contributed by atoms with van der Waals surface area (Å²) in [5.74, 6) is -0.394. The van der Waals surface area contributed by atoms with Crippen LogP contribution in [0.4, 0.5) is 0 Å². The van der Waals surface area contributed by atoms with Crippen LogP contribution in [-0.2, 0) is 27.9 Å². The predicted octanol–water partition coefficient (Wildman–Crippen LogP) is 15.5. The number of esters is 1. The van der Waals surface area contributed by atoms with Gasteiger partial charge < -0.3 is 27.9 Å². The fourth-order valence-corrected chi connectivity index (χ4v) is 7.38. The molecule has 0 heterocycles. The molecule has 0 saturated carbocycles. The van der Waals surface area contributed by atoms with E-state index in [-0.39, 0.29) is 26.2 Å². The quantitative estimate of drug-likeness (QED) is 0.0197. The zero-order valence-electron chi connectivity index (χ0n) is 42.4. The van der Waals surface area contributed by atoms with Gasteiger partial charge in [-0.2, -0.15) is 0 Å². The zero-order chi connectivity index (χ0) is 47.6. The minimum Gasteiger partial charge on any atom is -0.756 e. The van der Waals surface area contributed by atoms with Crippen LogP contribution < -0.4 is 4.89 Å². The van der Waals surface area contributed by atoms with Gasteiger partial charge in [0.2, 0.25) is 0 Å². The maximum Gasteiger partial charge on any atom is 0.306 e. The number of rotatable bonds is 47. The van der Waals surface area contributed by atoms with Crippen LogP contribution in [0, 0.1) is 0 Å². The lowest BCUT2D eigenvalue weighted by Gasteiger charge is -2.28. The lowest BCUT2D eigenvalue weighted by atomic mass is 10.1. The Hall–Kier alpha value is -2.58. The number of phosphoric ester groups is 1. The van der Waals surface area contributed by atoms with Crippen molar-refractivity contribution in [2.75, 3.05) is 54.1 Å². The van der Waals surface area contributed by atoms with E-state index < -0.39 is 19.9 Å². The number of unbranched alkanes of at least 4 members (excludes halogenated alkanes) is 17. The number of ether oxygens (including phenoxy) is 2. The topological polar surface area (TPSA) is 94.1 Å². The van der Waals surface area contributed by atoms with Gasteiger partial charge >= 0.3 is 5.97 Å². The van der Waals surface area contributed by atoms with Crippen LogP contribution in [0.25, 0.3) is 0 Å². The molecule has 2 atom stereocenters. The molecule has 374 valence electrons. The molecule has 0 fully saturated rings. The van der Waals surface area contributed by atoms with Crippen LogP contribution in [0.1, 0.15) is 194 Å². The number of hydrogen-bond donors (Lipinski definition) is 0. The molecular formula is C56H98NO7P. The minimum atomic E-state index is -4.55. The van der Waals surface area contributed by atoms with Gasteiger partial charge in [-0.3, -0.25) is 9.36 Å². The average molecular weight is 928 g/mol. The summed E-state index contributed by atoms with van der Waals surface area (Å²) >= 11 is 0. The molecule has 0 aromatic heterocycles. The summed E-state index contributed by atoms with van der Waals surface area (Å²) in [6.45, 7) is 5.19. The third kappa shape index (κ3) is 52.3. The van der Waals surface area contributed by atoms with Crippen LogP contribution in [0.2, 0.25) is 0 Å². The summed E-state index contributed by atoms with van der Waals surface area (Å²) in [7, 11) is 1.31. The third-order valence-electron chi connectivity index (χ3n) is 10.6. The summed E-state index contributed by atoms with van der Waals surface area (Å²) in [4.78, 5) is 25.1. The van der Waals surface area contributed by atoms with Crippen LogP contribution >= 0.6 is 7.82 Å². The van der Waals surface area contributed by atoms with E-state index >= 15 is 0 Å². The summed E-state index contributed by atoms with van der Waals surface area (Å²) in [6, 6.07) is 0. The molecule has 0 spiro atoms. The standard InChI is InChI=1S/C56H98NO7P/c1-6-8-10-12-14-16-18-20-22-24-25-26-27-28-29-30-31-32-34-36-38-40-42-44-46-48-51-61-53-55(54-63-65(59,60)62-52-50-57(3,4)5)64-56(58)49-47-45-43-41-39-37-35-33-23-21-19-17-15-13-11-9-7-2/h9,11,15,17-18,20-21,23-25,27-28,35,37,41,43,55H,6-8,10,12-14,16,19,22,26,29-34,36,38-40,42,44-54H2,1-5H3/b11-9-,17-15-,20-18-,23-21-,25-24-,28-27-,37-35-,43-41-. The maximum atomic E-state index is 12.7. The second-order valence-corrected chi connectivity index (χ2v) is 19.6. The highest BCUT2D eigenvalue weighted by Gasteiger charge is 2.20. The molecule has 0 N–H and O–H groups in total. The Labute approximate surface area is 400 Å². The molecule has 0 aliphatic rings. The molecule has 0 aromatic carbocycles. The number of hydrogen-bond acceptors (Lipinski definition) is 7. The van der Waals surface area contributed by atoms with Gasteiger partial charge in [-0.05, 0) is 89.9 Å². The maximum absolute atomic E-state index is 12.7. The molecule has 65 heavy (non-hydrogen) atoms. The SMILES string of the molecule is CC/C=C\C/C=C\C/C=C\C/C=C\C/C=C\CCCC(=O)OC(COCCCCCCCCCCCCC/C=C\C/C=C\C/C=C\CCCCCCC)COP(=O)([O-])OCC[N+](C)(C)C. The first kappa shape index (κ1) is 62.4. The minimum absolute atomic E-state index is 0.00978. The molecule has 9 heteroatoms. The lowest BCUT2D eigenvalue weighted by Crippen LogP contribution is -2.37. The summed E-state index contributed by atoms with van der Waals surface area (Å²) < 4.78 is 34.7. The van der Waals surface area contributed by atoms with Crippen LogP contribution in [-0.4, -0.2) is 70.7 Å². The van der Waals surface area contributed by atoms with Crippen LogP contribution in [0.3, 0.4) is 0 Å². The molecule has 0 saturated heterocycles. The van der Waals surface area contributed by atoms with E-state index in [4.69, 9.17) is 18.5 Å². The van der Waals surface area contributed by atoms with Crippen molar-refractivity contribution in [3.63, 3.8) is 0 Å². The van der Waals surface area contributed by atoms with Gasteiger partial charge in [-0.25, -0.2) is 0 Å². The highest BCUT2D eigenvalue weighted by atomic mass is 31.2. The molecule has 0 aliphatic carbocycles. The van der Waals surface area contributed by atoms with E-state index in [0.29, 0.717) is 24.1 Å². The molecule has 8 nitrogen and oxygen atoms in total. The zero-order valence-corrected chi connectivity index (χ0v) is 43.3. The number of phosphoric acid groups is 1. The van der Waals surface area contributed by atoms with Gasteiger partial charge in [0.1, 0.15) is 19.3 Å². The normalized spacial score (nSPS) is 14.4. The molecule has 0 rings (SSSR count). The average Bonchev–Trinajstić information content (AvgIpc) is 3.27. The largest absolute Gasteiger partial charge is 0.756 e. The number of likely N-dealkylation sites (N-methyl/N-ethyl adjacent to an activating group) is 1. The molecule has 0 bridgehead atoms. The van der Waals surface area contributed by atoms with E-state index in [0.717, 1.165) is 64.2 Å². The van der Waals surface area contributed by atoms with Crippen molar-refractivity contribution < 1.29 is 37.3 Å². The van der Waals surface area contributed by atoms with Crippen molar-refractivity contribution in [3.8, 4) is 0 Å². The molecule has 2 unspecified atom stereocenters. The molecule has 0 aromatic rings. The fourth-order valence-electron chi connectivity index (χ4n) is 6.65. The van der Waals surface area contributed by atoms with E-state index in [9.17, 15) is 14.3 Å². The Morgan fingerprint density at radius 2 is 0.892 bits per heavy atom. The highest BCUT2D eigenvalue weighted by Crippen LogP contribution is 2.38. The lowest BCUT2D eigenvalue weighted by molar-refractivity contribution is -0.870. The first-order valence-corrected chi connectivity index (χ1v) is 27.4. The van der Waals surface area contributed by atoms with Crippen LogP contribution in [0.5, 0.6) is 0 Å². The van der Waals surface area contributed by atoms with E-state index in [1.807, 2.05) is 21.1 Å². The molecule has 0 amide bonds. The Balaban J connectivity index is 4.20. The van der Waals surface area contributed by atoms with Crippen molar-refractivity contribution in [2.24, 2.45) is 0 Å². The first-order chi connectivity index (χ1) is 31.6. The third-order valence-corrected chi connectivity index (χ3v) is 11.6. The number of carbonyl (C=O) groups is 1. The predicted molar refractivity (Wildman–Crippen MR) is 277 cm³/mol. The number of quaternary nitrogens is 1. The van der Waals surface area contributed by atoms with Gasteiger partial charge in [0.25, 0.3) is 7.82 Å². The molecule has 0 radical (unpaired) electrons.